The Hall–Kier alpha value is -3.44. The summed E-state index contributed by atoms with van der Waals surface area (Å²) >= 11 is 0.849. The number of halogens is 3. The van der Waals surface area contributed by atoms with Crippen molar-refractivity contribution in [2.45, 2.75) is 24.6 Å². The van der Waals surface area contributed by atoms with Gasteiger partial charge in [0.25, 0.3) is 0 Å². The minimum absolute atomic E-state index is 0.0860. The molecule has 7 nitrogen and oxygen atoms in total. The lowest BCUT2D eigenvalue weighted by molar-refractivity contribution is -0.254. The van der Waals surface area contributed by atoms with Gasteiger partial charge < -0.3 is 25.2 Å². The van der Waals surface area contributed by atoms with Crippen molar-refractivity contribution in [1.82, 2.24) is 9.88 Å². The Kier molecular flexibility index (Phi) is 6.32. The van der Waals surface area contributed by atoms with Gasteiger partial charge in [0.05, 0.1) is 22.1 Å². The molecule has 178 valence electrons. The van der Waals surface area contributed by atoms with E-state index in [2.05, 4.69) is 10.3 Å². The Morgan fingerprint density at radius 3 is 2.24 bits per heavy atom. The van der Waals surface area contributed by atoms with Crippen LogP contribution in [0.4, 0.5) is 23.7 Å². The lowest BCUT2D eigenvalue weighted by Gasteiger charge is -2.36. The molecule has 2 heterocycles. The third kappa shape index (κ3) is 4.90. The molecule has 3 aromatic rings. The number of aromatic carboxylic acids is 1. The van der Waals surface area contributed by atoms with E-state index < -0.39 is 29.3 Å². The summed E-state index contributed by atoms with van der Waals surface area (Å²) in [6, 6.07) is 12.3. The van der Waals surface area contributed by atoms with Gasteiger partial charge >= 0.3 is 12.2 Å². The first-order chi connectivity index (χ1) is 16.1. The zero-order valence-corrected chi connectivity index (χ0v) is 18.4. The van der Waals surface area contributed by atoms with E-state index in [0.29, 0.717) is 5.56 Å². The summed E-state index contributed by atoms with van der Waals surface area (Å²) in [7, 11) is 0. The standard InChI is InChI=1S/C23H20F3N3O4S/c24-23(25,26)15-6-8-16(9-7-15)27-21(32)29-12-10-22(33,11-13-29)20-28-17(18(34-20)19(30)31)14-4-2-1-3-5-14/h1-9,33H,10-13H2,(H,27,32)(H,30,31)/p-1. The minimum Gasteiger partial charge on any atom is -0.544 e. The van der Waals surface area contributed by atoms with E-state index in [-0.39, 0.29) is 47.2 Å². The second kappa shape index (κ2) is 9.07. The van der Waals surface area contributed by atoms with Gasteiger partial charge in [0, 0.05) is 37.2 Å². The Labute approximate surface area is 196 Å². The highest BCUT2D eigenvalue weighted by Gasteiger charge is 2.39. The fourth-order valence-electron chi connectivity index (χ4n) is 3.69. The first kappa shape index (κ1) is 23.7. The number of hydrogen-bond donors (Lipinski definition) is 2. The van der Waals surface area contributed by atoms with Gasteiger partial charge in [-0.1, -0.05) is 30.3 Å². The van der Waals surface area contributed by atoms with E-state index in [0.717, 1.165) is 23.5 Å². The number of hydrogen-bond acceptors (Lipinski definition) is 6. The van der Waals surface area contributed by atoms with Gasteiger partial charge in [-0.2, -0.15) is 13.2 Å². The van der Waals surface area contributed by atoms with Crippen LogP contribution in [0.5, 0.6) is 0 Å². The molecule has 1 fully saturated rings. The number of carboxylic acid groups (broad SMARTS) is 1. The number of aliphatic hydroxyl groups is 1. The molecule has 1 saturated heterocycles. The van der Waals surface area contributed by atoms with E-state index in [1.807, 2.05) is 0 Å². The summed E-state index contributed by atoms with van der Waals surface area (Å²) in [4.78, 5) is 29.9. The molecule has 1 aliphatic rings. The summed E-state index contributed by atoms with van der Waals surface area (Å²) in [5, 5.41) is 25.6. The molecule has 11 heteroatoms. The smallest absolute Gasteiger partial charge is 0.416 e. The average molecular weight is 490 g/mol. The van der Waals surface area contributed by atoms with E-state index in [4.69, 9.17) is 0 Å². The minimum atomic E-state index is -4.47. The van der Waals surface area contributed by atoms with Gasteiger partial charge in [0.1, 0.15) is 10.6 Å². The van der Waals surface area contributed by atoms with Crippen LogP contribution in [-0.4, -0.2) is 40.1 Å². The number of likely N-dealkylation sites (tertiary alicyclic amines) is 1. The monoisotopic (exact) mass is 490 g/mol. The Morgan fingerprint density at radius 2 is 1.68 bits per heavy atom. The Morgan fingerprint density at radius 1 is 1.06 bits per heavy atom. The molecule has 0 atom stereocenters. The highest BCUT2D eigenvalue weighted by molar-refractivity contribution is 7.14. The van der Waals surface area contributed by atoms with Crippen LogP contribution in [0.15, 0.2) is 54.6 Å². The third-order valence-electron chi connectivity index (χ3n) is 5.60. The Balaban J connectivity index is 1.44. The van der Waals surface area contributed by atoms with Crippen LogP contribution < -0.4 is 10.4 Å². The molecule has 1 aliphatic heterocycles. The number of carbonyl (C=O) groups excluding carboxylic acids is 2. The molecule has 2 aromatic carbocycles. The van der Waals surface area contributed by atoms with Gasteiger partial charge in [-0.05, 0) is 24.3 Å². The number of anilines is 1. The lowest BCUT2D eigenvalue weighted by Crippen LogP contribution is -2.46. The average Bonchev–Trinajstić information content (AvgIpc) is 3.27. The van der Waals surface area contributed by atoms with Crippen LogP contribution in [0.25, 0.3) is 11.3 Å². The number of alkyl halides is 3. The maximum atomic E-state index is 12.7. The molecule has 2 amide bonds. The number of rotatable bonds is 4. The lowest BCUT2D eigenvalue weighted by atomic mass is 9.92. The highest BCUT2D eigenvalue weighted by Crippen LogP contribution is 2.39. The molecule has 2 N–H and O–H groups in total. The molecule has 0 aliphatic carbocycles. The van der Waals surface area contributed by atoms with Crippen LogP contribution in [0, 0.1) is 0 Å². The van der Waals surface area contributed by atoms with E-state index in [9.17, 15) is 33.0 Å². The molecule has 0 saturated carbocycles. The van der Waals surface area contributed by atoms with Crippen molar-refractivity contribution in [3.05, 3.63) is 70.0 Å². The van der Waals surface area contributed by atoms with Crippen LogP contribution in [0.1, 0.15) is 33.1 Å². The van der Waals surface area contributed by atoms with Crippen molar-refractivity contribution in [3.63, 3.8) is 0 Å². The number of piperidine rings is 1. The fraction of sp³-hybridized carbons (Fsp3) is 0.261. The summed E-state index contributed by atoms with van der Waals surface area (Å²) in [6.45, 7) is 0.285. The molecule has 0 unspecified atom stereocenters. The first-order valence-electron chi connectivity index (χ1n) is 10.3. The molecule has 4 rings (SSSR count). The second-order valence-corrected chi connectivity index (χ2v) is 8.87. The zero-order chi connectivity index (χ0) is 24.5. The number of carboxylic acids is 1. The zero-order valence-electron chi connectivity index (χ0n) is 17.6. The van der Waals surface area contributed by atoms with Gasteiger partial charge in [-0.3, -0.25) is 0 Å². The quantitative estimate of drug-likeness (QED) is 0.580. The fourth-order valence-corrected chi connectivity index (χ4v) is 4.76. The number of nitrogens with zero attached hydrogens (tertiary/aromatic N) is 2. The molecule has 1 aromatic heterocycles. The van der Waals surface area contributed by atoms with E-state index in [1.165, 1.54) is 17.0 Å². The van der Waals surface area contributed by atoms with Gasteiger partial charge in [-0.15, -0.1) is 11.3 Å². The molecular weight excluding hydrogens is 471 g/mol. The molecule has 0 spiro atoms. The number of thiazole rings is 1. The summed E-state index contributed by atoms with van der Waals surface area (Å²) in [5.74, 6) is -1.39. The number of carbonyl (C=O) groups is 2. The number of aromatic nitrogens is 1. The van der Waals surface area contributed by atoms with Crippen LogP contribution in [-0.2, 0) is 11.8 Å². The number of urea groups is 1. The molecular formula is C23H19F3N3O4S-. The maximum absolute atomic E-state index is 12.7. The predicted molar refractivity (Wildman–Crippen MR) is 117 cm³/mol. The van der Waals surface area contributed by atoms with Crippen molar-refractivity contribution in [2.24, 2.45) is 0 Å². The van der Waals surface area contributed by atoms with E-state index in [1.54, 1.807) is 30.3 Å². The summed E-state index contributed by atoms with van der Waals surface area (Å²) in [6.07, 6.45) is -4.24. The van der Waals surface area contributed by atoms with Crippen LogP contribution in [0.3, 0.4) is 0 Å². The number of benzene rings is 2. The van der Waals surface area contributed by atoms with Gasteiger partial charge in [0.15, 0.2) is 0 Å². The van der Waals surface area contributed by atoms with Crippen molar-refractivity contribution in [1.29, 1.82) is 0 Å². The molecule has 34 heavy (non-hydrogen) atoms. The van der Waals surface area contributed by atoms with Gasteiger partial charge in [-0.25, -0.2) is 9.78 Å². The van der Waals surface area contributed by atoms with Crippen molar-refractivity contribution in [3.8, 4) is 11.3 Å². The number of amides is 2. The first-order valence-corrected chi connectivity index (χ1v) is 11.1. The van der Waals surface area contributed by atoms with Crippen LogP contribution in [0.2, 0.25) is 0 Å². The van der Waals surface area contributed by atoms with Crippen molar-refractivity contribution < 1.29 is 33.0 Å². The van der Waals surface area contributed by atoms with Crippen molar-refractivity contribution >= 4 is 29.0 Å². The molecule has 0 radical (unpaired) electrons. The SMILES string of the molecule is O=C([O-])c1sc(C2(O)CCN(C(=O)Nc3ccc(C(F)(F)F)cc3)CC2)nc1-c1ccccc1. The van der Waals surface area contributed by atoms with Crippen LogP contribution >= 0.6 is 11.3 Å². The van der Waals surface area contributed by atoms with Gasteiger partial charge in [0.2, 0.25) is 0 Å². The summed E-state index contributed by atoms with van der Waals surface area (Å²) < 4.78 is 38.1. The highest BCUT2D eigenvalue weighted by atomic mass is 32.1. The predicted octanol–water partition coefficient (Wildman–Crippen LogP) is 3.71. The molecule has 0 bridgehead atoms. The third-order valence-corrected chi connectivity index (χ3v) is 6.83. The van der Waals surface area contributed by atoms with Crippen molar-refractivity contribution in [2.75, 3.05) is 18.4 Å². The second-order valence-electron chi connectivity index (χ2n) is 7.87. The van der Waals surface area contributed by atoms with E-state index >= 15 is 0 Å². The largest absolute Gasteiger partial charge is 0.544 e. The normalized spacial score (nSPS) is 15.7. The topological polar surface area (TPSA) is 106 Å². The number of nitrogens with one attached hydrogen (secondary N) is 1. The maximum Gasteiger partial charge on any atom is 0.416 e. The Bertz CT molecular complexity index is 1190. The summed E-state index contributed by atoms with van der Waals surface area (Å²) in [5.41, 5.74) is -1.22.